The minimum Gasteiger partial charge on any atom is -0.315 e. The quantitative estimate of drug-likeness (QED) is 0.748. The summed E-state index contributed by atoms with van der Waals surface area (Å²) in [6, 6.07) is 1.79. The largest absolute Gasteiger partial charge is 0.315 e. The van der Waals surface area contributed by atoms with E-state index in [0.717, 1.165) is 23.4 Å². The van der Waals surface area contributed by atoms with E-state index >= 15 is 0 Å². The summed E-state index contributed by atoms with van der Waals surface area (Å²) in [6.45, 7) is 6.52. The van der Waals surface area contributed by atoms with E-state index < -0.39 is 10.0 Å². The van der Waals surface area contributed by atoms with Crippen molar-refractivity contribution in [2.24, 2.45) is 0 Å². The first-order valence-corrected chi connectivity index (χ1v) is 9.47. The molecule has 1 heterocycles. The summed E-state index contributed by atoms with van der Waals surface area (Å²) in [6.07, 6.45) is 0.841. The van der Waals surface area contributed by atoms with Gasteiger partial charge in [-0.2, -0.15) is 4.31 Å². The van der Waals surface area contributed by atoms with Crippen LogP contribution >= 0.6 is 11.3 Å². The molecule has 1 aromatic rings. The molecule has 0 radical (unpaired) electrons. The summed E-state index contributed by atoms with van der Waals surface area (Å²) in [5.41, 5.74) is 1.04. The molecule has 0 spiro atoms. The molecule has 0 unspecified atom stereocenters. The van der Waals surface area contributed by atoms with Gasteiger partial charge in [0.1, 0.15) is 4.21 Å². The monoisotopic (exact) mass is 333 g/mol. The van der Waals surface area contributed by atoms with Crippen molar-refractivity contribution in [3.8, 4) is 0 Å². The second-order valence-corrected chi connectivity index (χ2v) is 8.66. The normalized spacial score (nSPS) is 12.5. The average molecular weight is 334 g/mol. The molecule has 0 aliphatic carbocycles. The van der Waals surface area contributed by atoms with Gasteiger partial charge in [-0.3, -0.25) is 0 Å². The molecule has 7 heteroatoms. The standard InChI is InChI=1S/C14H27N3O2S2/c1-6-17(9-7-8-16(4)5)21(18,19)14-10-12(2)13(20-14)11-15-3/h10,15H,6-9,11H2,1-5H3. The molecule has 0 bridgehead atoms. The minimum atomic E-state index is -3.36. The highest BCUT2D eigenvalue weighted by Crippen LogP contribution is 2.28. The Morgan fingerprint density at radius 3 is 2.48 bits per heavy atom. The molecule has 0 saturated heterocycles. The molecule has 1 aromatic heterocycles. The average Bonchev–Trinajstić information content (AvgIpc) is 2.77. The fraction of sp³-hybridized carbons (Fsp3) is 0.714. The molecule has 122 valence electrons. The van der Waals surface area contributed by atoms with Gasteiger partial charge in [-0.25, -0.2) is 8.42 Å². The molecule has 21 heavy (non-hydrogen) atoms. The molecule has 0 fully saturated rings. The Morgan fingerprint density at radius 2 is 1.95 bits per heavy atom. The molecule has 1 rings (SSSR count). The second-order valence-electron chi connectivity index (χ2n) is 5.36. The molecule has 0 aliphatic rings. The summed E-state index contributed by atoms with van der Waals surface area (Å²) in [5.74, 6) is 0. The lowest BCUT2D eigenvalue weighted by molar-refractivity contribution is 0.356. The molecular weight excluding hydrogens is 306 g/mol. The van der Waals surface area contributed by atoms with E-state index in [0.29, 0.717) is 23.8 Å². The van der Waals surface area contributed by atoms with Gasteiger partial charge in [0.2, 0.25) is 0 Å². The molecule has 0 aromatic carbocycles. The number of thiophene rings is 1. The van der Waals surface area contributed by atoms with Crippen LogP contribution in [0, 0.1) is 6.92 Å². The Morgan fingerprint density at radius 1 is 1.29 bits per heavy atom. The molecule has 0 saturated carbocycles. The van der Waals surface area contributed by atoms with Gasteiger partial charge < -0.3 is 10.2 Å². The van der Waals surface area contributed by atoms with E-state index in [4.69, 9.17) is 0 Å². The Hall–Kier alpha value is -0.470. The lowest BCUT2D eigenvalue weighted by atomic mass is 10.3. The zero-order valence-corrected chi connectivity index (χ0v) is 15.3. The fourth-order valence-corrected chi connectivity index (χ4v) is 5.33. The molecule has 0 amide bonds. The van der Waals surface area contributed by atoms with E-state index in [1.54, 1.807) is 10.4 Å². The van der Waals surface area contributed by atoms with Gasteiger partial charge in [-0.15, -0.1) is 11.3 Å². The number of nitrogens with zero attached hydrogens (tertiary/aromatic N) is 2. The highest BCUT2D eigenvalue weighted by atomic mass is 32.2. The Kier molecular flexibility index (Phi) is 7.29. The molecule has 5 nitrogen and oxygen atoms in total. The van der Waals surface area contributed by atoms with Gasteiger partial charge in [0, 0.05) is 24.5 Å². The van der Waals surface area contributed by atoms with Crippen LogP contribution in [0.1, 0.15) is 23.8 Å². The summed E-state index contributed by atoms with van der Waals surface area (Å²) in [4.78, 5) is 3.15. The number of nitrogens with one attached hydrogen (secondary N) is 1. The van der Waals surface area contributed by atoms with Crippen LogP contribution < -0.4 is 5.32 Å². The predicted molar refractivity (Wildman–Crippen MR) is 89.4 cm³/mol. The highest BCUT2D eigenvalue weighted by Gasteiger charge is 2.25. The van der Waals surface area contributed by atoms with Crippen molar-refractivity contribution in [3.05, 3.63) is 16.5 Å². The minimum absolute atomic E-state index is 0.456. The van der Waals surface area contributed by atoms with Gasteiger partial charge in [0.05, 0.1) is 0 Å². The number of sulfonamides is 1. The van der Waals surface area contributed by atoms with Crippen LogP contribution in [0.15, 0.2) is 10.3 Å². The van der Waals surface area contributed by atoms with E-state index in [1.807, 2.05) is 35.0 Å². The third-order valence-corrected chi connectivity index (χ3v) is 6.96. The topological polar surface area (TPSA) is 52.7 Å². The third kappa shape index (κ3) is 5.03. The van der Waals surface area contributed by atoms with E-state index in [2.05, 4.69) is 10.2 Å². The molecule has 1 N–H and O–H groups in total. The van der Waals surface area contributed by atoms with Crippen molar-refractivity contribution in [2.45, 2.75) is 31.0 Å². The smallest absolute Gasteiger partial charge is 0.252 e. The Bertz CT molecular complexity index is 538. The Labute approximate surface area is 133 Å². The zero-order valence-electron chi connectivity index (χ0n) is 13.6. The maximum atomic E-state index is 12.7. The van der Waals surface area contributed by atoms with Gasteiger partial charge in [-0.1, -0.05) is 6.92 Å². The lowest BCUT2D eigenvalue weighted by Gasteiger charge is -2.20. The van der Waals surface area contributed by atoms with Crippen LogP contribution in [0.25, 0.3) is 0 Å². The number of aryl methyl sites for hydroxylation is 1. The van der Waals surface area contributed by atoms with Gasteiger partial charge in [-0.05, 0) is 52.7 Å². The van der Waals surface area contributed by atoms with Crippen molar-refractivity contribution < 1.29 is 8.42 Å². The van der Waals surface area contributed by atoms with Crippen LogP contribution in [-0.2, 0) is 16.6 Å². The van der Waals surface area contributed by atoms with Crippen molar-refractivity contribution in [1.29, 1.82) is 0 Å². The maximum absolute atomic E-state index is 12.7. The maximum Gasteiger partial charge on any atom is 0.252 e. The summed E-state index contributed by atoms with van der Waals surface area (Å²) in [7, 11) is 2.50. The van der Waals surface area contributed by atoms with E-state index in [9.17, 15) is 8.42 Å². The van der Waals surface area contributed by atoms with Crippen LogP contribution in [0.5, 0.6) is 0 Å². The van der Waals surface area contributed by atoms with Crippen molar-refractivity contribution in [1.82, 2.24) is 14.5 Å². The zero-order chi connectivity index (χ0) is 16.0. The van der Waals surface area contributed by atoms with Crippen molar-refractivity contribution in [3.63, 3.8) is 0 Å². The molecular formula is C14H27N3O2S2. The number of hydrogen-bond donors (Lipinski definition) is 1. The van der Waals surface area contributed by atoms with Gasteiger partial charge in [0.25, 0.3) is 10.0 Å². The summed E-state index contributed by atoms with van der Waals surface area (Å²) < 4.78 is 27.5. The number of rotatable bonds is 9. The first kappa shape index (κ1) is 18.6. The fourth-order valence-electron chi connectivity index (χ4n) is 2.09. The van der Waals surface area contributed by atoms with Gasteiger partial charge >= 0.3 is 0 Å². The SMILES string of the molecule is CCN(CCCN(C)C)S(=O)(=O)c1cc(C)c(CNC)s1. The van der Waals surface area contributed by atoms with Crippen LogP contribution in [0.2, 0.25) is 0 Å². The van der Waals surface area contributed by atoms with Crippen LogP contribution in [0.4, 0.5) is 0 Å². The third-order valence-electron chi connectivity index (χ3n) is 3.30. The first-order valence-electron chi connectivity index (χ1n) is 7.21. The van der Waals surface area contributed by atoms with Crippen LogP contribution in [0.3, 0.4) is 0 Å². The van der Waals surface area contributed by atoms with Crippen molar-refractivity contribution in [2.75, 3.05) is 40.8 Å². The van der Waals surface area contributed by atoms with Crippen molar-refractivity contribution >= 4 is 21.4 Å². The van der Waals surface area contributed by atoms with Gasteiger partial charge in [0.15, 0.2) is 0 Å². The molecule has 0 aliphatic heterocycles. The lowest BCUT2D eigenvalue weighted by Crippen LogP contribution is -2.32. The summed E-state index contributed by atoms with van der Waals surface area (Å²) >= 11 is 1.37. The number of hydrogen-bond acceptors (Lipinski definition) is 5. The van der Waals surface area contributed by atoms with E-state index in [1.165, 1.54) is 11.3 Å². The predicted octanol–water partition coefficient (Wildman–Crippen LogP) is 1.74. The highest BCUT2D eigenvalue weighted by molar-refractivity contribution is 7.91. The first-order chi connectivity index (χ1) is 9.82. The Balaban J connectivity index is 2.88. The summed E-state index contributed by atoms with van der Waals surface area (Å²) in [5, 5.41) is 3.08. The van der Waals surface area contributed by atoms with Crippen LogP contribution in [-0.4, -0.2) is 58.4 Å². The molecule has 0 atom stereocenters. The second kappa shape index (κ2) is 8.24. The van der Waals surface area contributed by atoms with E-state index in [-0.39, 0.29) is 0 Å².